The van der Waals surface area contributed by atoms with Crippen LogP contribution in [0.15, 0.2) is 0 Å². The first-order valence-corrected chi connectivity index (χ1v) is 7.08. The van der Waals surface area contributed by atoms with Gasteiger partial charge >= 0.3 is 5.97 Å². The summed E-state index contributed by atoms with van der Waals surface area (Å²) in [4.78, 5) is 21.3. The number of carbonyl (C=O) groups excluding carboxylic acids is 2. The Balaban J connectivity index is 3.19. The van der Waals surface area contributed by atoms with Crippen molar-refractivity contribution in [2.24, 2.45) is 0 Å². The van der Waals surface area contributed by atoms with E-state index in [9.17, 15) is 9.59 Å². The highest BCUT2D eigenvalue weighted by Crippen LogP contribution is 2.07. The first kappa shape index (κ1) is 19.8. The normalized spacial score (nSPS) is 11.2. The predicted octanol–water partition coefficient (Wildman–Crippen LogP) is 0.514. The van der Waals surface area contributed by atoms with Crippen molar-refractivity contribution >= 4 is 12.4 Å². The molecule has 0 unspecified atom stereocenters. The molecule has 0 radical (unpaired) electrons. The standard InChI is InChI=1S/C14H27NO6/c1-14(2,3)21-13(17)4-6-18-8-10-20-11-9-19-7-5-15-12-16/h12H,4-11H2,1-3H3,(H,15,16). The third-order valence-corrected chi connectivity index (χ3v) is 2.09. The molecule has 0 rings (SSSR count). The minimum Gasteiger partial charge on any atom is -0.460 e. The lowest BCUT2D eigenvalue weighted by Gasteiger charge is -2.19. The summed E-state index contributed by atoms with van der Waals surface area (Å²) in [7, 11) is 0. The molecule has 0 aliphatic rings. The molecule has 0 aromatic heterocycles. The highest BCUT2D eigenvalue weighted by atomic mass is 16.6. The van der Waals surface area contributed by atoms with Crippen LogP contribution in [-0.4, -0.2) is 64.2 Å². The van der Waals surface area contributed by atoms with Crippen molar-refractivity contribution in [1.82, 2.24) is 5.32 Å². The van der Waals surface area contributed by atoms with Crippen LogP contribution in [0.25, 0.3) is 0 Å². The third kappa shape index (κ3) is 16.8. The molecule has 1 N–H and O–H groups in total. The Morgan fingerprint density at radius 2 is 1.48 bits per heavy atom. The van der Waals surface area contributed by atoms with Gasteiger partial charge in [0, 0.05) is 6.54 Å². The van der Waals surface area contributed by atoms with E-state index in [-0.39, 0.29) is 12.4 Å². The number of nitrogens with one attached hydrogen (secondary N) is 1. The molecule has 0 saturated heterocycles. The van der Waals surface area contributed by atoms with Crippen molar-refractivity contribution in [3.8, 4) is 0 Å². The lowest BCUT2D eigenvalue weighted by Crippen LogP contribution is -2.24. The molecule has 0 atom stereocenters. The Bertz CT molecular complexity index is 277. The summed E-state index contributed by atoms with van der Waals surface area (Å²) in [6.45, 7) is 8.59. The minimum absolute atomic E-state index is 0.240. The van der Waals surface area contributed by atoms with Gasteiger partial charge < -0.3 is 24.3 Å². The van der Waals surface area contributed by atoms with Gasteiger partial charge in [-0.15, -0.1) is 0 Å². The number of carbonyl (C=O) groups is 2. The summed E-state index contributed by atoms with van der Waals surface area (Å²) in [6.07, 6.45) is 0.874. The second kappa shape index (κ2) is 12.6. The fourth-order valence-corrected chi connectivity index (χ4v) is 1.28. The molecule has 7 nitrogen and oxygen atoms in total. The number of esters is 1. The first-order chi connectivity index (χ1) is 9.95. The van der Waals surface area contributed by atoms with E-state index in [2.05, 4.69) is 5.32 Å². The smallest absolute Gasteiger partial charge is 0.308 e. The summed E-state index contributed by atoms with van der Waals surface area (Å²) in [5.41, 5.74) is -0.457. The number of amides is 1. The van der Waals surface area contributed by atoms with Crippen molar-refractivity contribution in [3.63, 3.8) is 0 Å². The van der Waals surface area contributed by atoms with Crippen LogP contribution < -0.4 is 5.32 Å². The number of hydrogen-bond donors (Lipinski definition) is 1. The SMILES string of the molecule is CC(C)(C)OC(=O)CCOCCOCCOCCNC=O. The molecule has 7 heteroatoms. The first-order valence-electron chi connectivity index (χ1n) is 7.08. The Labute approximate surface area is 126 Å². The maximum absolute atomic E-state index is 11.4. The van der Waals surface area contributed by atoms with Crippen molar-refractivity contribution in [1.29, 1.82) is 0 Å². The van der Waals surface area contributed by atoms with Gasteiger partial charge in [-0.25, -0.2) is 0 Å². The molecule has 124 valence electrons. The molecular formula is C14H27NO6. The molecule has 0 aromatic carbocycles. The van der Waals surface area contributed by atoms with Crippen molar-refractivity contribution in [2.45, 2.75) is 32.8 Å². The van der Waals surface area contributed by atoms with E-state index in [0.717, 1.165) is 0 Å². The number of ether oxygens (including phenoxy) is 4. The topological polar surface area (TPSA) is 83.1 Å². The lowest BCUT2D eigenvalue weighted by atomic mass is 10.2. The fraction of sp³-hybridized carbons (Fsp3) is 0.857. The number of hydrogen-bond acceptors (Lipinski definition) is 6. The summed E-state index contributed by atoms with van der Waals surface area (Å²) < 4.78 is 20.9. The lowest BCUT2D eigenvalue weighted by molar-refractivity contribution is -0.156. The van der Waals surface area contributed by atoms with Gasteiger partial charge in [-0.2, -0.15) is 0 Å². The van der Waals surface area contributed by atoms with Crippen LogP contribution in [0, 0.1) is 0 Å². The molecule has 0 fully saturated rings. The highest BCUT2D eigenvalue weighted by Gasteiger charge is 2.15. The van der Waals surface area contributed by atoms with Crippen LogP contribution in [0.4, 0.5) is 0 Å². The molecule has 0 aliphatic heterocycles. The van der Waals surface area contributed by atoms with Gasteiger partial charge in [-0.1, -0.05) is 0 Å². The largest absolute Gasteiger partial charge is 0.460 e. The molecule has 0 spiro atoms. The summed E-state index contributed by atoms with van der Waals surface area (Å²) in [5, 5.41) is 2.49. The van der Waals surface area contributed by atoms with E-state index in [4.69, 9.17) is 18.9 Å². The van der Waals surface area contributed by atoms with Crippen molar-refractivity contribution < 1.29 is 28.5 Å². The molecule has 0 bridgehead atoms. The molecule has 0 aliphatic carbocycles. The van der Waals surface area contributed by atoms with Crippen LogP contribution in [0.5, 0.6) is 0 Å². The summed E-state index contributed by atoms with van der Waals surface area (Å²) in [5.74, 6) is -0.263. The van der Waals surface area contributed by atoms with E-state index in [0.29, 0.717) is 52.6 Å². The second-order valence-electron chi connectivity index (χ2n) is 5.25. The van der Waals surface area contributed by atoms with E-state index in [1.165, 1.54) is 0 Å². The van der Waals surface area contributed by atoms with Crippen LogP contribution in [0.1, 0.15) is 27.2 Å². The Kier molecular flexibility index (Phi) is 11.8. The zero-order valence-electron chi connectivity index (χ0n) is 13.2. The molecule has 0 saturated carbocycles. The average molecular weight is 305 g/mol. The van der Waals surface area contributed by atoms with Crippen LogP contribution in [0.3, 0.4) is 0 Å². The maximum Gasteiger partial charge on any atom is 0.308 e. The monoisotopic (exact) mass is 305 g/mol. The van der Waals surface area contributed by atoms with E-state index < -0.39 is 5.60 Å². The Morgan fingerprint density at radius 3 is 2.00 bits per heavy atom. The van der Waals surface area contributed by atoms with Crippen molar-refractivity contribution in [3.05, 3.63) is 0 Å². The molecule has 21 heavy (non-hydrogen) atoms. The Hall–Kier alpha value is -1.18. The molecular weight excluding hydrogens is 278 g/mol. The van der Waals surface area contributed by atoms with Crippen LogP contribution >= 0.6 is 0 Å². The highest BCUT2D eigenvalue weighted by molar-refractivity contribution is 5.69. The van der Waals surface area contributed by atoms with Crippen molar-refractivity contribution in [2.75, 3.05) is 46.2 Å². The maximum atomic E-state index is 11.4. The average Bonchev–Trinajstić information content (AvgIpc) is 2.38. The van der Waals surface area contributed by atoms with E-state index in [1.807, 2.05) is 20.8 Å². The van der Waals surface area contributed by atoms with Gasteiger partial charge in [-0.3, -0.25) is 9.59 Å². The third-order valence-electron chi connectivity index (χ3n) is 2.09. The van der Waals surface area contributed by atoms with Crippen LogP contribution in [0.2, 0.25) is 0 Å². The van der Waals surface area contributed by atoms with E-state index in [1.54, 1.807) is 0 Å². The zero-order valence-corrected chi connectivity index (χ0v) is 13.2. The van der Waals surface area contributed by atoms with Crippen LogP contribution in [-0.2, 0) is 28.5 Å². The predicted molar refractivity (Wildman–Crippen MR) is 77.0 cm³/mol. The van der Waals surface area contributed by atoms with Gasteiger partial charge in [0.05, 0.1) is 46.1 Å². The minimum atomic E-state index is -0.457. The Morgan fingerprint density at radius 1 is 0.952 bits per heavy atom. The molecule has 0 aromatic rings. The van der Waals surface area contributed by atoms with Gasteiger partial charge in [-0.05, 0) is 20.8 Å². The van der Waals surface area contributed by atoms with E-state index >= 15 is 0 Å². The summed E-state index contributed by atoms with van der Waals surface area (Å²) >= 11 is 0. The second-order valence-corrected chi connectivity index (χ2v) is 5.25. The van der Waals surface area contributed by atoms with Gasteiger partial charge in [0.15, 0.2) is 0 Å². The molecule has 0 heterocycles. The zero-order chi connectivity index (χ0) is 16.0. The summed E-state index contributed by atoms with van der Waals surface area (Å²) in [6, 6.07) is 0. The molecule has 1 amide bonds. The quantitative estimate of drug-likeness (QED) is 0.303. The number of rotatable bonds is 13. The fourth-order valence-electron chi connectivity index (χ4n) is 1.28. The van der Waals surface area contributed by atoms with Gasteiger partial charge in [0.1, 0.15) is 5.60 Å². The van der Waals surface area contributed by atoms with Gasteiger partial charge in [0.25, 0.3) is 0 Å². The van der Waals surface area contributed by atoms with Gasteiger partial charge in [0.2, 0.25) is 6.41 Å².